The van der Waals surface area contributed by atoms with Gasteiger partial charge in [-0.25, -0.2) is 0 Å². The lowest BCUT2D eigenvalue weighted by molar-refractivity contribution is 0.106. The first-order valence-corrected chi connectivity index (χ1v) is 7.61. The van der Waals surface area contributed by atoms with E-state index in [0.717, 1.165) is 25.7 Å². The van der Waals surface area contributed by atoms with Crippen LogP contribution in [0.15, 0.2) is 0 Å². The monoisotopic (exact) mass is 256 g/mol. The number of likely N-dealkylation sites (tertiary alicyclic amines) is 1. The van der Waals surface area contributed by atoms with Gasteiger partial charge in [0.05, 0.1) is 6.61 Å². The van der Waals surface area contributed by atoms with Gasteiger partial charge in [-0.15, -0.1) is 0 Å². The van der Waals surface area contributed by atoms with Crippen LogP contribution in [0, 0.1) is 11.8 Å². The number of hydrogen-bond donors (Lipinski definition) is 1. The summed E-state index contributed by atoms with van der Waals surface area (Å²) in [5.74, 6) is 1.43. The maximum Gasteiger partial charge on any atom is 0.0591 e. The first-order chi connectivity index (χ1) is 8.58. The van der Waals surface area contributed by atoms with Gasteiger partial charge >= 0.3 is 0 Å². The Morgan fingerprint density at radius 2 is 1.78 bits per heavy atom. The van der Waals surface area contributed by atoms with E-state index < -0.39 is 0 Å². The van der Waals surface area contributed by atoms with Gasteiger partial charge in [0.25, 0.3) is 0 Å². The second-order valence-electron chi connectivity index (χ2n) is 6.39. The number of rotatable bonds is 8. The highest BCUT2D eigenvalue weighted by Gasteiger charge is 2.18. The average molecular weight is 256 g/mol. The van der Waals surface area contributed by atoms with Crippen LogP contribution in [0.1, 0.15) is 40.5 Å². The molecule has 0 unspecified atom stereocenters. The van der Waals surface area contributed by atoms with Gasteiger partial charge in [0, 0.05) is 25.7 Å². The van der Waals surface area contributed by atoms with Crippen molar-refractivity contribution < 1.29 is 4.74 Å². The molecule has 0 aliphatic carbocycles. The van der Waals surface area contributed by atoms with E-state index in [1.165, 1.54) is 32.5 Å². The molecule has 0 saturated carbocycles. The molecular formula is C15H32N2O. The molecule has 1 aliphatic rings. The van der Waals surface area contributed by atoms with E-state index >= 15 is 0 Å². The van der Waals surface area contributed by atoms with Gasteiger partial charge in [0.15, 0.2) is 0 Å². The van der Waals surface area contributed by atoms with Crippen molar-refractivity contribution in [1.82, 2.24) is 10.2 Å². The summed E-state index contributed by atoms with van der Waals surface area (Å²) >= 11 is 0. The molecule has 1 fully saturated rings. The lowest BCUT2D eigenvalue weighted by Gasteiger charge is -2.33. The molecule has 1 aliphatic heterocycles. The molecule has 3 heteroatoms. The maximum atomic E-state index is 5.59. The van der Waals surface area contributed by atoms with Crippen LogP contribution in [0.5, 0.6) is 0 Å². The van der Waals surface area contributed by atoms with Crippen LogP contribution >= 0.6 is 0 Å². The van der Waals surface area contributed by atoms with E-state index in [-0.39, 0.29) is 0 Å². The molecule has 0 aromatic rings. The van der Waals surface area contributed by atoms with Crippen LogP contribution in [0.4, 0.5) is 0 Å². The fraction of sp³-hybridized carbons (Fsp3) is 1.00. The number of nitrogens with one attached hydrogen (secondary N) is 1. The van der Waals surface area contributed by atoms with E-state index in [0.29, 0.717) is 12.0 Å². The SMILES string of the molecule is CC(C)COCCNC1CCN(CC(C)C)CC1. The smallest absolute Gasteiger partial charge is 0.0591 e. The summed E-state index contributed by atoms with van der Waals surface area (Å²) in [6.07, 6.45) is 2.58. The predicted octanol–water partition coefficient (Wildman–Crippen LogP) is 2.37. The molecule has 0 radical (unpaired) electrons. The molecule has 3 nitrogen and oxygen atoms in total. The summed E-state index contributed by atoms with van der Waals surface area (Å²) in [5, 5.41) is 3.62. The highest BCUT2D eigenvalue weighted by Crippen LogP contribution is 2.11. The quantitative estimate of drug-likeness (QED) is 0.675. The fourth-order valence-corrected chi connectivity index (χ4v) is 2.49. The fourth-order valence-electron chi connectivity index (χ4n) is 2.49. The lowest BCUT2D eigenvalue weighted by atomic mass is 10.0. The van der Waals surface area contributed by atoms with Crippen molar-refractivity contribution in [3.8, 4) is 0 Å². The minimum atomic E-state index is 0.643. The van der Waals surface area contributed by atoms with Crippen molar-refractivity contribution in [2.75, 3.05) is 39.4 Å². The normalized spacial score (nSPS) is 19.0. The van der Waals surface area contributed by atoms with Crippen LogP contribution < -0.4 is 5.32 Å². The second-order valence-corrected chi connectivity index (χ2v) is 6.39. The van der Waals surface area contributed by atoms with Crippen molar-refractivity contribution in [2.24, 2.45) is 11.8 Å². The summed E-state index contributed by atoms with van der Waals surface area (Å²) in [7, 11) is 0. The van der Waals surface area contributed by atoms with Gasteiger partial charge in [-0.2, -0.15) is 0 Å². The Morgan fingerprint density at radius 1 is 1.11 bits per heavy atom. The van der Waals surface area contributed by atoms with Crippen molar-refractivity contribution in [2.45, 2.75) is 46.6 Å². The lowest BCUT2D eigenvalue weighted by Crippen LogP contribution is -2.44. The third kappa shape index (κ3) is 7.34. The molecular weight excluding hydrogens is 224 g/mol. The van der Waals surface area contributed by atoms with Crippen LogP contribution in [-0.4, -0.2) is 50.3 Å². The Labute approximate surface area is 113 Å². The van der Waals surface area contributed by atoms with Crippen LogP contribution in [0.3, 0.4) is 0 Å². The molecule has 108 valence electrons. The molecule has 1 rings (SSSR count). The molecule has 0 spiro atoms. The molecule has 0 atom stereocenters. The number of ether oxygens (including phenoxy) is 1. The largest absolute Gasteiger partial charge is 0.380 e. The van der Waals surface area contributed by atoms with Gasteiger partial charge < -0.3 is 15.0 Å². The maximum absolute atomic E-state index is 5.59. The summed E-state index contributed by atoms with van der Waals surface area (Å²) in [6.45, 7) is 15.5. The zero-order valence-electron chi connectivity index (χ0n) is 12.7. The number of nitrogens with zero attached hydrogens (tertiary/aromatic N) is 1. The Balaban J connectivity index is 1.98. The molecule has 1 N–H and O–H groups in total. The topological polar surface area (TPSA) is 24.5 Å². The Kier molecular flexibility index (Phi) is 7.87. The molecule has 18 heavy (non-hydrogen) atoms. The number of hydrogen-bond acceptors (Lipinski definition) is 3. The Morgan fingerprint density at radius 3 is 2.33 bits per heavy atom. The Bertz CT molecular complexity index is 199. The highest BCUT2D eigenvalue weighted by atomic mass is 16.5. The predicted molar refractivity (Wildman–Crippen MR) is 78.0 cm³/mol. The zero-order valence-corrected chi connectivity index (χ0v) is 12.7. The third-order valence-corrected chi connectivity index (χ3v) is 3.34. The van der Waals surface area contributed by atoms with E-state index in [9.17, 15) is 0 Å². The second kappa shape index (κ2) is 8.89. The van der Waals surface area contributed by atoms with Gasteiger partial charge in [-0.05, 0) is 37.8 Å². The molecule has 0 bridgehead atoms. The minimum absolute atomic E-state index is 0.643. The van der Waals surface area contributed by atoms with E-state index in [1.807, 2.05) is 0 Å². The number of piperidine rings is 1. The first kappa shape index (κ1) is 15.9. The summed E-state index contributed by atoms with van der Waals surface area (Å²) < 4.78 is 5.59. The van der Waals surface area contributed by atoms with Gasteiger partial charge in [-0.1, -0.05) is 27.7 Å². The van der Waals surface area contributed by atoms with Gasteiger partial charge in [-0.3, -0.25) is 0 Å². The van der Waals surface area contributed by atoms with Crippen LogP contribution in [0.2, 0.25) is 0 Å². The first-order valence-electron chi connectivity index (χ1n) is 7.61. The van der Waals surface area contributed by atoms with E-state index in [2.05, 4.69) is 37.9 Å². The van der Waals surface area contributed by atoms with Gasteiger partial charge in [0.2, 0.25) is 0 Å². The van der Waals surface area contributed by atoms with Crippen molar-refractivity contribution in [3.63, 3.8) is 0 Å². The standard InChI is InChI=1S/C15H32N2O/c1-13(2)11-17-8-5-15(6-9-17)16-7-10-18-12-14(3)4/h13-16H,5-12H2,1-4H3. The zero-order chi connectivity index (χ0) is 13.4. The minimum Gasteiger partial charge on any atom is -0.380 e. The highest BCUT2D eigenvalue weighted by molar-refractivity contribution is 4.77. The summed E-state index contributed by atoms with van der Waals surface area (Å²) in [6, 6.07) is 0.705. The molecule has 1 heterocycles. The summed E-state index contributed by atoms with van der Waals surface area (Å²) in [5.41, 5.74) is 0. The third-order valence-electron chi connectivity index (χ3n) is 3.34. The summed E-state index contributed by atoms with van der Waals surface area (Å²) in [4.78, 5) is 2.60. The molecule has 0 aromatic carbocycles. The van der Waals surface area contributed by atoms with Gasteiger partial charge in [0.1, 0.15) is 0 Å². The van der Waals surface area contributed by atoms with Crippen LogP contribution in [0.25, 0.3) is 0 Å². The average Bonchev–Trinajstić information content (AvgIpc) is 2.30. The van der Waals surface area contributed by atoms with Crippen molar-refractivity contribution >= 4 is 0 Å². The molecule has 1 saturated heterocycles. The van der Waals surface area contributed by atoms with Crippen LogP contribution in [-0.2, 0) is 4.74 Å². The van der Waals surface area contributed by atoms with E-state index in [1.54, 1.807) is 0 Å². The Hall–Kier alpha value is -0.120. The molecule has 0 aromatic heterocycles. The van der Waals surface area contributed by atoms with E-state index in [4.69, 9.17) is 4.74 Å². The van der Waals surface area contributed by atoms with Crippen molar-refractivity contribution in [3.05, 3.63) is 0 Å². The van der Waals surface area contributed by atoms with Crippen molar-refractivity contribution in [1.29, 1.82) is 0 Å². The molecule has 0 amide bonds.